The molecule has 0 fully saturated rings. The Hall–Kier alpha value is -8.40. The summed E-state index contributed by atoms with van der Waals surface area (Å²) < 4.78 is 4.94. The standard InChI is InChI=1S/C60H41N3/c1-5-16-41(17-6-1)43-28-32-50(33-29-43)63-58-37-31-47(40-55(58)53-35-34-52-51-26-13-14-27-57(51)62(59(52)60(53)63)49-24-11-4-12-25-49)46-30-36-56(54(39-46)44-20-9-3-10-21-44)61-48-23-15-22-45(38-48)42-18-7-2-8-19-42/h1-40,61H. The Labute approximate surface area is 366 Å². The molecule has 3 nitrogen and oxygen atoms in total. The molecule has 3 heteroatoms. The van der Waals surface area contributed by atoms with Crippen molar-refractivity contribution in [2.45, 2.75) is 0 Å². The second kappa shape index (κ2) is 15.3. The minimum absolute atomic E-state index is 1.05. The number of fused-ring (bicyclic) bond motifs is 7. The van der Waals surface area contributed by atoms with Gasteiger partial charge in [-0.25, -0.2) is 0 Å². The largest absolute Gasteiger partial charge is 0.355 e. The first kappa shape index (κ1) is 36.5. The van der Waals surface area contributed by atoms with E-state index < -0.39 is 0 Å². The van der Waals surface area contributed by atoms with E-state index >= 15 is 0 Å². The van der Waals surface area contributed by atoms with E-state index in [1.165, 1.54) is 71.4 Å². The van der Waals surface area contributed by atoms with E-state index in [4.69, 9.17) is 0 Å². The van der Waals surface area contributed by atoms with Crippen LogP contribution < -0.4 is 5.32 Å². The van der Waals surface area contributed by atoms with Gasteiger partial charge in [0.2, 0.25) is 0 Å². The monoisotopic (exact) mass is 803 g/mol. The SMILES string of the molecule is c1ccc(-c2ccc(-n3c4ccc(-c5ccc(Nc6cccc(-c7ccccc7)c6)c(-c6ccccc6)c5)cc4c4ccc5c6ccccc6n(-c6ccccc6)c5c43)cc2)cc1. The molecule has 63 heavy (non-hydrogen) atoms. The second-order valence-electron chi connectivity index (χ2n) is 16.2. The van der Waals surface area contributed by atoms with Crippen LogP contribution in [0.2, 0.25) is 0 Å². The Balaban J connectivity index is 1.06. The summed E-state index contributed by atoms with van der Waals surface area (Å²) in [5.74, 6) is 0. The van der Waals surface area contributed by atoms with Gasteiger partial charge in [0, 0.05) is 49.9 Å². The van der Waals surface area contributed by atoms with Crippen LogP contribution in [-0.2, 0) is 0 Å². The van der Waals surface area contributed by atoms with Crippen LogP contribution in [0, 0.1) is 0 Å². The van der Waals surface area contributed by atoms with Crippen LogP contribution in [0.4, 0.5) is 11.4 Å². The number of nitrogens with zero attached hydrogens (tertiary/aromatic N) is 2. The summed E-state index contributed by atoms with van der Waals surface area (Å²) in [4.78, 5) is 0. The predicted octanol–water partition coefficient (Wildman–Crippen LogP) is 16.3. The number of hydrogen-bond donors (Lipinski definition) is 1. The number of anilines is 2. The van der Waals surface area contributed by atoms with Crippen LogP contribution in [0.1, 0.15) is 0 Å². The number of nitrogens with one attached hydrogen (secondary N) is 1. The van der Waals surface area contributed by atoms with Crippen LogP contribution in [0.5, 0.6) is 0 Å². The molecule has 10 aromatic carbocycles. The Morgan fingerprint density at radius 1 is 0.270 bits per heavy atom. The number of hydrogen-bond acceptors (Lipinski definition) is 1. The smallest absolute Gasteiger partial charge is 0.0788 e. The molecule has 0 spiro atoms. The van der Waals surface area contributed by atoms with Gasteiger partial charge in [-0.2, -0.15) is 0 Å². The lowest BCUT2D eigenvalue weighted by atomic mass is 9.96. The van der Waals surface area contributed by atoms with Gasteiger partial charge in [-0.05, 0) is 106 Å². The van der Waals surface area contributed by atoms with Gasteiger partial charge in [-0.15, -0.1) is 0 Å². The highest BCUT2D eigenvalue weighted by molar-refractivity contribution is 6.24. The first-order valence-electron chi connectivity index (χ1n) is 21.6. The Bertz CT molecular complexity index is 3600. The average Bonchev–Trinajstić information content (AvgIpc) is 3.88. The van der Waals surface area contributed by atoms with Crippen molar-refractivity contribution >= 4 is 55.0 Å². The molecule has 12 aromatic rings. The van der Waals surface area contributed by atoms with Crippen LogP contribution >= 0.6 is 0 Å². The van der Waals surface area contributed by atoms with Gasteiger partial charge in [0.15, 0.2) is 0 Å². The summed E-state index contributed by atoms with van der Waals surface area (Å²) >= 11 is 0. The first-order valence-corrected chi connectivity index (χ1v) is 21.6. The zero-order chi connectivity index (χ0) is 41.7. The van der Waals surface area contributed by atoms with Crippen molar-refractivity contribution in [2.75, 3.05) is 5.32 Å². The van der Waals surface area contributed by atoms with Gasteiger partial charge < -0.3 is 14.5 Å². The highest BCUT2D eigenvalue weighted by atomic mass is 15.0. The number of benzene rings is 10. The summed E-state index contributed by atoms with van der Waals surface area (Å²) in [6.07, 6.45) is 0. The molecule has 0 amide bonds. The Morgan fingerprint density at radius 2 is 0.746 bits per heavy atom. The summed E-state index contributed by atoms with van der Waals surface area (Å²) in [7, 11) is 0. The number of para-hydroxylation sites is 2. The maximum atomic E-state index is 3.79. The van der Waals surface area contributed by atoms with E-state index in [0.29, 0.717) is 0 Å². The maximum Gasteiger partial charge on any atom is 0.0788 e. The highest BCUT2D eigenvalue weighted by Crippen LogP contribution is 2.44. The van der Waals surface area contributed by atoms with E-state index in [2.05, 4.69) is 257 Å². The zero-order valence-corrected chi connectivity index (χ0v) is 34.5. The van der Waals surface area contributed by atoms with Crippen molar-refractivity contribution in [3.8, 4) is 55.9 Å². The van der Waals surface area contributed by atoms with Crippen molar-refractivity contribution in [3.63, 3.8) is 0 Å². The van der Waals surface area contributed by atoms with Crippen molar-refractivity contribution < 1.29 is 0 Å². The number of aromatic nitrogens is 2. The lowest BCUT2D eigenvalue weighted by molar-refractivity contribution is 1.15. The highest BCUT2D eigenvalue weighted by Gasteiger charge is 2.22. The molecule has 12 rings (SSSR count). The second-order valence-corrected chi connectivity index (χ2v) is 16.2. The van der Waals surface area contributed by atoms with E-state index in [9.17, 15) is 0 Å². The van der Waals surface area contributed by atoms with Crippen molar-refractivity contribution in [1.82, 2.24) is 9.13 Å². The summed E-state index contributed by atoms with van der Waals surface area (Å²) in [6, 6.07) is 87.7. The van der Waals surface area contributed by atoms with Gasteiger partial charge in [-0.1, -0.05) is 176 Å². The molecule has 0 saturated heterocycles. The lowest BCUT2D eigenvalue weighted by Gasteiger charge is -2.16. The molecule has 0 aliphatic rings. The molecular weight excluding hydrogens is 763 g/mol. The molecule has 0 saturated carbocycles. The van der Waals surface area contributed by atoms with E-state index in [-0.39, 0.29) is 0 Å². The molecule has 0 atom stereocenters. The van der Waals surface area contributed by atoms with Gasteiger partial charge in [-0.3, -0.25) is 0 Å². The van der Waals surface area contributed by atoms with Crippen LogP contribution in [0.25, 0.3) is 99.5 Å². The molecule has 0 aliphatic heterocycles. The molecule has 0 unspecified atom stereocenters. The average molecular weight is 804 g/mol. The first-order chi connectivity index (χ1) is 31.2. The zero-order valence-electron chi connectivity index (χ0n) is 34.5. The summed E-state index contributed by atoms with van der Waals surface area (Å²) in [5, 5.41) is 8.69. The number of rotatable bonds is 8. The molecule has 2 aromatic heterocycles. The third-order valence-electron chi connectivity index (χ3n) is 12.5. The normalized spacial score (nSPS) is 11.5. The molecule has 1 N–H and O–H groups in total. The van der Waals surface area contributed by atoms with Crippen LogP contribution in [0.3, 0.4) is 0 Å². The molecule has 0 radical (unpaired) electrons. The molecule has 0 bridgehead atoms. The van der Waals surface area contributed by atoms with Gasteiger partial charge in [0.1, 0.15) is 0 Å². The van der Waals surface area contributed by atoms with Crippen molar-refractivity contribution in [2.24, 2.45) is 0 Å². The molecular formula is C60H41N3. The summed E-state index contributed by atoms with van der Waals surface area (Å²) in [6.45, 7) is 0. The summed E-state index contributed by atoms with van der Waals surface area (Å²) in [5.41, 5.74) is 18.5. The predicted molar refractivity (Wildman–Crippen MR) is 267 cm³/mol. The van der Waals surface area contributed by atoms with Gasteiger partial charge >= 0.3 is 0 Å². The minimum atomic E-state index is 1.05. The third-order valence-corrected chi connectivity index (χ3v) is 12.5. The van der Waals surface area contributed by atoms with Crippen LogP contribution in [0.15, 0.2) is 243 Å². The fourth-order valence-electron chi connectivity index (χ4n) is 9.53. The molecule has 296 valence electrons. The van der Waals surface area contributed by atoms with Gasteiger partial charge in [0.05, 0.1) is 22.1 Å². The van der Waals surface area contributed by atoms with Crippen molar-refractivity contribution in [1.29, 1.82) is 0 Å². The maximum absolute atomic E-state index is 3.79. The van der Waals surface area contributed by atoms with E-state index in [1.54, 1.807) is 0 Å². The molecule has 0 aliphatic carbocycles. The molecule has 2 heterocycles. The third kappa shape index (κ3) is 6.38. The lowest BCUT2D eigenvalue weighted by Crippen LogP contribution is -1.98. The van der Waals surface area contributed by atoms with Crippen LogP contribution in [-0.4, -0.2) is 9.13 Å². The van der Waals surface area contributed by atoms with Crippen molar-refractivity contribution in [3.05, 3.63) is 243 Å². The van der Waals surface area contributed by atoms with Gasteiger partial charge in [0.25, 0.3) is 0 Å². The fourth-order valence-corrected chi connectivity index (χ4v) is 9.53. The van der Waals surface area contributed by atoms with E-state index in [1.807, 2.05) is 0 Å². The topological polar surface area (TPSA) is 21.9 Å². The minimum Gasteiger partial charge on any atom is -0.355 e. The Morgan fingerprint density at radius 3 is 1.44 bits per heavy atom. The van der Waals surface area contributed by atoms with E-state index in [0.717, 1.165) is 39.4 Å². The Kier molecular flexibility index (Phi) is 8.83. The quantitative estimate of drug-likeness (QED) is 0.162. The fraction of sp³-hybridized carbons (Fsp3) is 0.